The predicted octanol–water partition coefficient (Wildman–Crippen LogP) is 1.84. The van der Waals surface area contributed by atoms with Gasteiger partial charge in [0, 0.05) is 5.69 Å². The molecule has 1 unspecified atom stereocenters. The van der Waals surface area contributed by atoms with Gasteiger partial charge in [-0.25, -0.2) is 4.79 Å². The highest BCUT2D eigenvalue weighted by molar-refractivity contribution is 7.99. The van der Waals surface area contributed by atoms with E-state index in [0.717, 1.165) is 0 Å². The molecule has 2 N–H and O–H groups in total. The number of carboxylic acid groups (broad SMARTS) is 1. The van der Waals surface area contributed by atoms with Crippen LogP contribution in [0.15, 0.2) is 24.3 Å². The molecule has 18 heavy (non-hydrogen) atoms. The van der Waals surface area contributed by atoms with Gasteiger partial charge in [-0.15, -0.1) is 0 Å². The van der Waals surface area contributed by atoms with E-state index in [1.807, 2.05) is 13.2 Å². The zero-order chi connectivity index (χ0) is 13.5. The summed E-state index contributed by atoms with van der Waals surface area (Å²) in [4.78, 5) is 21.9. The van der Waals surface area contributed by atoms with Crippen molar-refractivity contribution in [1.29, 1.82) is 0 Å². The Kier molecular flexibility index (Phi) is 5.51. The van der Waals surface area contributed by atoms with Crippen molar-refractivity contribution in [2.24, 2.45) is 0 Å². The topological polar surface area (TPSA) is 75.6 Å². The summed E-state index contributed by atoms with van der Waals surface area (Å²) in [5.74, 6) is -0.642. The number of nitrogens with one attached hydrogen (secondary N) is 1. The Morgan fingerprint density at radius 3 is 2.50 bits per heavy atom. The largest absolute Gasteiger partial charge is 0.482 e. The summed E-state index contributed by atoms with van der Waals surface area (Å²) in [5, 5.41) is 11.1. The maximum absolute atomic E-state index is 11.6. The third-order valence-corrected chi connectivity index (χ3v) is 3.13. The Bertz CT molecular complexity index is 419. The van der Waals surface area contributed by atoms with Crippen LogP contribution >= 0.6 is 11.8 Å². The van der Waals surface area contributed by atoms with Gasteiger partial charge >= 0.3 is 5.97 Å². The molecule has 0 fully saturated rings. The number of ether oxygens (including phenoxy) is 1. The minimum Gasteiger partial charge on any atom is -0.482 e. The number of benzene rings is 1. The highest BCUT2D eigenvalue weighted by Crippen LogP contribution is 2.17. The average Bonchev–Trinajstić information content (AvgIpc) is 2.36. The molecule has 0 radical (unpaired) electrons. The molecule has 0 aliphatic rings. The van der Waals surface area contributed by atoms with Crippen LogP contribution in [0.2, 0.25) is 0 Å². The van der Waals surface area contributed by atoms with E-state index >= 15 is 0 Å². The van der Waals surface area contributed by atoms with E-state index in [0.29, 0.717) is 11.4 Å². The Labute approximate surface area is 110 Å². The van der Waals surface area contributed by atoms with Gasteiger partial charge in [0.1, 0.15) is 5.75 Å². The van der Waals surface area contributed by atoms with Crippen molar-refractivity contribution in [2.75, 3.05) is 18.2 Å². The summed E-state index contributed by atoms with van der Waals surface area (Å²) in [6, 6.07) is 6.56. The summed E-state index contributed by atoms with van der Waals surface area (Å²) < 4.78 is 4.98. The van der Waals surface area contributed by atoms with Crippen molar-refractivity contribution in [3.63, 3.8) is 0 Å². The highest BCUT2D eigenvalue weighted by atomic mass is 32.2. The first kappa shape index (κ1) is 14.4. The van der Waals surface area contributed by atoms with Crippen molar-refractivity contribution in [1.82, 2.24) is 0 Å². The minimum absolute atomic E-state index is 0.0679. The minimum atomic E-state index is -1.03. The summed E-state index contributed by atoms with van der Waals surface area (Å²) in [6.07, 6.45) is 1.87. The number of aliphatic carboxylic acids is 1. The molecule has 1 rings (SSSR count). The Morgan fingerprint density at radius 1 is 1.39 bits per heavy atom. The van der Waals surface area contributed by atoms with Crippen molar-refractivity contribution in [2.45, 2.75) is 12.2 Å². The van der Waals surface area contributed by atoms with Crippen LogP contribution in [0.3, 0.4) is 0 Å². The van der Waals surface area contributed by atoms with Crippen LogP contribution in [0.25, 0.3) is 0 Å². The van der Waals surface area contributed by atoms with E-state index in [-0.39, 0.29) is 17.8 Å². The lowest BCUT2D eigenvalue weighted by Crippen LogP contribution is -2.21. The van der Waals surface area contributed by atoms with Gasteiger partial charge in [-0.1, -0.05) is 0 Å². The van der Waals surface area contributed by atoms with Gasteiger partial charge < -0.3 is 15.2 Å². The maximum atomic E-state index is 11.6. The van der Waals surface area contributed by atoms with E-state index in [2.05, 4.69) is 5.32 Å². The molecule has 6 heteroatoms. The zero-order valence-electron chi connectivity index (χ0n) is 10.2. The molecule has 5 nitrogen and oxygen atoms in total. The second kappa shape index (κ2) is 6.90. The summed E-state index contributed by atoms with van der Waals surface area (Å²) in [6.45, 7) is 1.44. The molecular weight excluding hydrogens is 254 g/mol. The van der Waals surface area contributed by atoms with Gasteiger partial charge in [-0.2, -0.15) is 11.8 Å². The molecule has 0 aromatic heterocycles. The quantitative estimate of drug-likeness (QED) is 0.824. The Balaban J connectivity index is 2.55. The number of thioether (sulfide) groups is 1. The fraction of sp³-hybridized carbons (Fsp3) is 0.333. The van der Waals surface area contributed by atoms with Gasteiger partial charge in [-0.3, -0.25) is 4.79 Å². The van der Waals surface area contributed by atoms with Gasteiger partial charge in [0.15, 0.2) is 6.61 Å². The van der Waals surface area contributed by atoms with E-state index in [1.54, 1.807) is 24.3 Å². The lowest BCUT2D eigenvalue weighted by molar-refractivity contribution is -0.139. The van der Waals surface area contributed by atoms with Gasteiger partial charge in [-0.05, 0) is 37.4 Å². The van der Waals surface area contributed by atoms with Crippen LogP contribution in [0.1, 0.15) is 6.92 Å². The monoisotopic (exact) mass is 269 g/mol. The first-order valence-electron chi connectivity index (χ1n) is 5.31. The number of carbonyl (C=O) groups is 2. The van der Waals surface area contributed by atoms with Crippen LogP contribution in [-0.2, 0) is 9.59 Å². The summed E-state index contributed by atoms with van der Waals surface area (Å²) in [7, 11) is 0. The number of anilines is 1. The molecule has 98 valence electrons. The molecule has 1 aromatic rings. The molecule has 0 spiro atoms. The van der Waals surface area contributed by atoms with Crippen LogP contribution in [-0.4, -0.2) is 35.1 Å². The number of amides is 1. The first-order valence-corrected chi connectivity index (χ1v) is 6.60. The summed E-state index contributed by atoms with van der Waals surface area (Å²) >= 11 is 1.46. The molecular formula is C12H15NO4S. The SMILES string of the molecule is CSC(C)C(=O)Nc1ccc(OCC(=O)O)cc1. The number of carboxylic acids is 1. The van der Waals surface area contributed by atoms with Gasteiger partial charge in [0.25, 0.3) is 0 Å². The molecule has 0 bridgehead atoms. The summed E-state index contributed by atoms with van der Waals surface area (Å²) in [5.41, 5.74) is 0.656. The van der Waals surface area contributed by atoms with Crippen molar-refractivity contribution in [3.05, 3.63) is 24.3 Å². The third kappa shape index (κ3) is 4.67. The highest BCUT2D eigenvalue weighted by Gasteiger charge is 2.10. The molecule has 0 heterocycles. The standard InChI is InChI=1S/C12H15NO4S/c1-8(18-2)12(16)13-9-3-5-10(6-4-9)17-7-11(14)15/h3-6,8H,7H2,1-2H3,(H,13,16)(H,14,15). The Hall–Kier alpha value is -1.69. The Morgan fingerprint density at radius 2 is 2.00 bits per heavy atom. The van der Waals surface area contributed by atoms with Gasteiger partial charge in [0.2, 0.25) is 5.91 Å². The normalized spacial score (nSPS) is 11.7. The predicted molar refractivity (Wildman–Crippen MR) is 71.2 cm³/mol. The van der Waals surface area contributed by atoms with Crippen molar-refractivity contribution in [3.8, 4) is 5.75 Å². The third-order valence-electron chi connectivity index (χ3n) is 2.21. The lowest BCUT2D eigenvalue weighted by Gasteiger charge is -2.10. The number of hydrogen-bond donors (Lipinski definition) is 2. The molecule has 0 saturated carbocycles. The number of rotatable bonds is 6. The van der Waals surface area contributed by atoms with Crippen LogP contribution in [0.5, 0.6) is 5.75 Å². The van der Waals surface area contributed by atoms with Crippen LogP contribution < -0.4 is 10.1 Å². The maximum Gasteiger partial charge on any atom is 0.341 e. The van der Waals surface area contributed by atoms with E-state index in [9.17, 15) is 9.59 Å². The fourth-order valence-corrected chi connectivity index (χ4v) is 1.40. The molecule has 1 atom stereocenters. The number of hydrogen-bond acceptors (Lipinski definition) is 4. The van der Waals surface area contributed by atoms with Gasteiger partial charge in [0.05, 0.1) is 5.25 Å². The second-order valence-electron chi connectivity index (χ2n) is 3.57. The van der Waals surface area contributed by atoms with Crippen LogP contribution in [0.4, 0.5) is 5.69 Å². The van der Waals surface area contributed by atoms with Crippen molar-refractivity contribution < 1.29 is 19.4 Å². The van der Waals surface area contributed by atoms with E-state index < -0.39 is 5.97 Å². The first-order chi connectivity index (χ1) is 8.52. The molecule has 0 aliphatic heterocycles. The van der Waals surface area contributed by atoms with E-state index in [1.165, 1.54) is 11.8 Å². The van der Waals surface area contributed by atoms with Crippen molar-refractivity contribution >= 4 is 29.3 Å². The fourth-order valence-electron chi connectivity index (χ4n) is 1.13. The van der Waals surface area contributed by atoms with Crippen LogP contribution in [0, 0.1) is 0 Å². The van der Waals surface area contributed by atoms with E-state index in [4.69, 9.17) is 9.84 Å². The number of carbonyl (C=O) groups excluding carboxylic acids is 1. The molecule has 0 saturated heterocycles. The molecule has 0 aliphatic carbocycles. The average molecular weight is 269 g/mol. The smallest absolute Gasteiger partial charge is 0.341 e. The second-order valence-corrected chi connectivity index (χ2v) is 4.75. The molecule has 1 aromatic carbocycles. The lowest BCUT2D eigenvalue weighted by atomic mass is 10.3. The molecule has 1 amide bonds. The zero-order valence-corrected chi connectivity index (χ0v) is 11.0.